The fourth-order valence-electron chi connectivity index (χ4n) is 1.21. The molecule has 0 bridgehead atoms. The van der Waals surface area contributed by atoms with Gasteiger partial charge < -0.3 is 4.74 Å². The van der Waals surface area contributed by atoms with Crippen LogP contribution in [0.5, 0.6) is 0 Å². The molecule has 1 aromatic carbocycles. The number of hydrogen-bond donors (Lipinski definition) is 0. The van der Waals surface area contributed by atoms with E-state index >= 15 is 0 Å². The lowest BCUT2D eigenvalue weighted by atomic mass is 10.1. The first-order valence-electron chi connectivity index (χ1n) is 4.67. The molecule has 0 saturated heterocycles. The smallest absolute Gasteiger partial charge is 0.191 e. The first kappa shape index (κ1) is 11.8. The maximum absolute atomic E-state index is 12.8. The Morgan fingerprint density at radius 1 is 1.40 bits per heavy atom. The summed E-state index contributed by atoms with van der Waals surface area (Å²) in [5.74, 6) is -2.34. The van der Waals surface area contributed by atoms with Crippen LogP contribution in [0.2, 0.25) is 0 Å². The average Bonchev–Trinajstić information content (AvgIpc) is 2.21. The summed E-state index contributed by atoms with van der Waals surface area (Å²) in [5, 5.41) is 0. The third kappa shape index (κ3) is 2.83. The summed E-state index contributed by atoms with van der Waals surface area (Å²) in [4.78, 5) is 11.6. The van der Waals surface area contributed by atoms with E-state index in [-0.39, 0.29) is 11.3 Å². The van der Waals surface area contributed by atoms with E-state index in [0.717, 1.165) is 12.1 Å². The molecule has 2 nitrogen and oxygen atoms in total. The summed E-state index contributed by atoms with van der Waals surface area (Å²) in [6.07, 6.45) is -0.639. The Balaban J connectivity index is 2.87. The maximum Gasteiger partial charge on any atom is 0.191 e. The van der Waals surface area contributed by atoms with Gasteiger partial charge in [-0.2, -0.15) is 0 Å². The predicted molar refractivity (Wildman–Crippen MR) is 51.8 cm³/mol. The quantitative estimate of drug-likeness (QED) is 0.720. The Kier molecular flexibility index (Phi) is 3.91. The molecule has 4 heteroatoms. The molecule has 0 radical (unpaired) electrons. The zero-order chi connectivity index (χ0) is 11.4. The molecular formula is C11H12F2O2. The molecule has 82 valence electrons. The minimum absolute atomic E-state index is 0.120. The summed E-state index contributed by atoms with van der Waals surface area (Å²) in [5.41, 5.74) is 0.120. The third-order valence-electron chi connectivity index (χ3n) is 1.99. The van der Waals surface area contributed by atoms with Crippen LogP contribution in [0, 0.1) is 11.6 Å². The lowest BCUT2D eigenvalue weighted by molar-refractivity contribution is 0.0520. The molecule has 0 heterocycles. The molecule has 0 amide bonds. The van der Waals surface area contributed by atoms with Crippen molar-refractivity contribution in [2.75, 3.05) is 6.61 Å². The SMILES string of the molecule is CCOC(C)C(=O)c1ccc(F)c(F)c1. The highest BCUT2D eigenvalue weighted by Crippen LogP contribution is 2.11. The molecule has 0 fully saturated rings. The molecule has 0 N–H and O–H groups in total. The second kappa shape index (κ2) is 4.98. The second-order valence-corrected chi connectivity index (χ2v) is 3.09. The molecule has 0 aliphatic carbocycles. The highest BCUT2D eigenvalue weighted by Gasteiger charge is 2.16. The fourth-order valence-corrected chi connectivity index (χ4v) is 1.21. The van der Waals surface area contributed by atoms with E-state index in [4.69, 9.17) is 4.74 Å². The molecular weight excluding hydrogens is 202 g/mol. The standard InChI is InChI=1S/C11H12F2O2/c1-3-15-7(2)11(14)8-4-5-9(12)10(13)6-8/h4-7H,3H2,1-2H3. The van der Waals surface area contributed by atoms with E-state index in [1.165, 1.54) is 6.07 Å². The van der Waals surface area contributed by atoms with E-state index in [1.54, 1.807) is 13.8 Å². The summed E-state index contributed by atoms with van der Waals surface area (Å²) >= 11 is 0. The molecule has 0 saturated carbocycles. The van der Waals surface area contributed by atoms with Gasteiger partial charge in [0.15, 0.2) is 17.4 Å². The van der Waals surface area contributed by atoms with E-state index in [9.17, 15) is 13.6 Å². The number of hydrogen-bond acceptors (Lipinski definition) is 2. The van der Waals surface area contributed by atoms with Crippen LogP contribution in [0.3, 0.4) is 0 Å². The van der Waals surface area contributed by atoms with Crippen molar-refractivity contribution in [3.05, 3.63) is 35.4 Å². The molecule has 0 aliphatic rings. The Morgan fingerprint density at radius 2 is 2.07 bits per heavy atom. The number of halogens is 2. The van der Waals surface area contributed by atoms with Gasteiger partial charge in [-0.3, -0.25) is 4.79 Å². The summed E-state index contributed by atoms with van der Waals surface area (Å²) < 4.78 is 30.5. The number of benzene rings is 1. The van der Waals surface area contributed by atoms with Crippen molar-refractivity contribution >= 4 is 5.78 Å². The van der Waals surface area contributed by atoms with Gasteiger partial charge in [-0.15, -0.1) is 0 Å². The predicted octanol–water partition coefficient (Wildman–Crippen LogP) is 2.57. The first-order valence-corrected chi connectivity index (χ1v) is 4.67. The Hall–Kier alpha value is -1.29. The minimum Gasteiger partial charge on any atom is -0.371 e. The van der Waals surface area contributed by atoms with Crippen molar-refractivity contribution < 1.29 is 18.3 Å². The van der Waals surface area contributed by atoms with Crippen LogP contribution in [0.1, 0.15) is 24.2 Å². The van der Waals surface area contributed by atoms with Gasteiger partial charge in [-0.1, -0.05) is 0 Å². The van der Waals surface area contributed by atoms with Crippen LogP contribution in [-0.4, -0.2) is 18.5 Å². The largest absolute Gasteiger partial charge is 0.371 e. The van der Waals surface area contributed by atoms with Crippen LogP contribution >= 0.6 is 0 Å². The second-order valence-electron chi connectivity index (χ2n) is 3.09. The maximum atomic E-state index is 12.8. The summed E-state index contributed by atoms with van der Waals surface area (Å²) in [6.45, 7) is 3.73. The Morgan fingerprint density at radius 3 is 2.60 bits per heavy atom. The zero-order valence-corrected chi connectivity index (χ0v) is 8.59. The number of ketones is 1. The van der Waals surface area contributed by atoms with Crippen molar-refractivity contribution in [1.82, 2.24) is 0 Å². The number of Topliss-reactive ketones (excluding diaryl/α,β-unsaturated/α-hetero) is 1. The normalized spacial score (nSPS) is 12.5. The van der Waals surface area contributed by atoms with Crippen molar-refractivity contribution in [2.24, 2.45) is 0 Å². The van der Waals surface area contributed by atoms with E-state index in [2.05, 4.69) is 0 Å². The van der Waals surface area contributed by atoms with Gasteiger partial charge in [-0.25, -0.2) is 8.78 Å². The lowest BCUT2D eigenvalue weighted by Crippen LogP contribution is -2.21. The summed E-state index contributed by atoms with van der Waals surface area (Å²) in [6, 6.07) is 3.06. The number of ether oxygens (including phenoxy) is 1. The van der Waals surface area contributed by atoms with E-state index in [0.29, 0.717) is 6.61 Å². The zero-order valence-electron chi connectivity index (χ0n) is 8.59. The number of carbonyl (C=O) groups excluding carboxylic acids is 1. The Bertz CT molecular complexity index is 364. The molecule has 0 spiro atoms. The molecule has 1 aromatic rings. The van der Waals surface area contributed by atoms with Gasteiger partial charge in [0.1, 0.15) is 6.10 Å². The average molecular weight is 214 g/mol. The van der Waals surface area contributed by atoms with E-state index < -0.39 is 17.7 Å². The fraction of sp³-hybridized carbons (Fsp3) is 0.364. The van der Waals surface area contributed by atoms with Crippen LogP contribution < -0.4 is 0 Å². The third-order valence-corrected chi connectivity index (χ3v) is 1.99. The van der Waals surface area contributed by atoms with Crippen molar-refractivity contribution in [3.63, 3.8) is 0 Å². The van der Waals surface area contributed by atoms with Crippen LogP contribution in [-0.2, 0) is 4.74 Å². The highest BCUT2D eigenvalue weighted by molar-refractivity contribution is 5.99. The molecule has 15 heavy (non-hydrogen) atoms. The topological polar surface area (TPSA) is 26.3 Å². The highest BCUT2D eigenvalue weighted by atomic mass is 19.2. The lowest BCUT2D eigenvalue weighted by Gasteiger charge is -2.10. The van der Waals surface area contributed by atoms with Gasteiger partial charge in [0, 0.05) is 12.2 Å². The van der Waals surface area contributed by atoms with Crippen LogP contribution in [0.15, 0.2) is 18.2 Å². The molecule has 1 unspecified atom stereocenters. The van der Waals surface area contributed by atoms with Gasteiger partial charge in [-0.05, 0) is 32.0 Å². The van der Waals surface area contributed by atoms with Gasteiger partial charge in [0.2, 0.25) is 0 Å². The van der Waals surface area contributed by atoms with Crippen molar-refractivity contribution in [2.45, 2.75) is 20.0 Å². The van der Waals surface area contributed by atoms with Gasteiger partial charge >= 0.3 is 0 Å². The summed E-state index contributed by atoms with van der Waals surface area (Å²) in [7, 11) is 0. The molecule has 0 aliphatic heterocycles. The van der Waals surface area contributed by atoms with Crippen LogP contribution in [0.4, 0.5) is 8.78 Å². The van der Waals surface area contributed by atoms with Crippen molar-refractivity contribution in [3.8, 4) is 0 Å². The minimum atomic E-state index is -1.02. The monoisotopic (exact) mass is 214 g/mol. The molecule has 0 aromatic heterocycles. The Labute approximate surface area is 86.9 Å². The number of rotatable bonds is 4. The van der Waals surface area contributed by atoms with E-state index in [1.807, 2.05) is 0 Å². The van der Waals surface area contributed by atoms with Crippen LogP contribution in [0.25, 0.3) is 0 Å². The van der Waals surface area contributed by atoms with Gasteiger partial charge in [0.25, 0.3) is 0 Å². The van der Waals surface area contributed by atoms with Gasteiger partial charge in [0.05, 0.1) is 0 Å². The number of carbonyl (C=O) groups is 1. The first-order chi connectivity index (χ1) is 7.06. The molecule has 1 atom stereocenters. The van der Waals surface area contributed by atoms with Crippen molar-refractivity contribution in [1.29, 1.82) is 0 Å². The molecule has 1 rings (SSSR count).